The molecule has 162 valence electrons. The van der Waals surface area contributed by atoms with Crippen molar-refractivity contribution in [3.8, 4) is 5.75 Å². The molecule has 0 aromatic heterocycles. The maximum Gasteiger partial charge on any atom is 0.264 e. The second-order valence-electron chi connectivity index (χ2n) is 6.71. The van der Waals surface area contributed by atoms with Crippen molar-refractivity contribution in [1.82, 2.24) is 10.6 Å². The Morgan fingerprint density at radius 1 is 1.17 bits per heavy atom. The summed E-state index contributed by atoms with van der Waals surface area (Å²) in [6.45, 7) is 5.49. The van der Waals surface area contributed by atoms with Crippen LogP contribution >= 0.6 is 0 Å². The maximum atomic E-state index is 13.2. The number of anilines is 1. The molecule has 1 atom stereocenters. The van der Waals surface area contributed by atoms with Crippen molar-refractivity contribution in [3.05, 3.63) is 53.6 Å². The lowest BCUT2D eigenvalue weighted by Gasteiger charge is -2.22. The van der Waals surface area contributed by atoms with Crippen LogP contribution in [-0.2, 0) is 14.8 Å². The number of aryl methyl sites for hydroxylation is 1. The minimum atomic E-state index is -3.96. The Morgan fingerprint density at radius 3 is 2.47 bits per heavy atom. The molecule has 0 fully saturated rings. The number of ether oxygens (including phenoxy) is 1. The molecule has 8 nitrogen and oxygen atoms in total. The minimum absolute atomic E-state index is 0.0441. The molecule has 0 saturated carbocycles. The van der Waals surface area contributed by atoms with Crippen molar-refractivity contribution < 1.29 is 22.7 Å². The summed E-state index contributed by atoms with van der Waals surface area (Å²) in [6.07, 6.45) is 0. The summed E-state index contributed by atoms with van der Waals surface area (Å²) in [6, 6.07) is 10.3. The highest BCUT2D eigenvalue weighted by atomic mass is 32.2. The summed E-state index contributed by atoms with van der Waals surface area (Å²) >= 11 is 0. The Labute approximate surface area is 177 Å². The number of carbonyl (C=O) groups excluding carboxylic acids is 2. The summed E-state index contributed by atoms with van der Waals surface area (Å²) in [5.74, 6) is -0.434. The van der Waals surface area contributed by atoms with Gasteiger partial charge in [-0.25, -0.2) is 8.42 Å². The average Bonchev–Trinajstić information content (AvgIpc) is 2.73. The van der Waals surface area contributed by atoms with Gasteiger partial charge in [0.05, 0.1) is 17.7 Å². The fraction of sp³-hybridized carbons (Fsp3) is 0.333. The lowest BCUT2D eigenvalue weighted by atomic mass is 10.1. The predicted octanol–water partition coefficient (Wildman–Crippen LogP) is 2.08. The van der Waals surface area contributed by atoms with Crippen molar-refractivity contribution in [2.45, 2.75) is 31.7 Å². The number of nitrogens with zero attached hydrogens (tertiary/aromatic N) is 1. The fourth-order valence-electron chi connectivity index (χ4n) is 2.85. The third kappa shape index (κ3) is 4.91. The van der Waals surface area contributed by atoms with Gasteiger partial charge in [0.25, 0.3) is 15.9 Å². The Hall–Kier alpha value is -3.07. The van der Waals surface area contributed by atoms with Gasteiger partial charge in [0, 0.05) is 19.2 Å². The topological polar surface area (TPSA) is 105 Å². The number of hydrogen-bond donors (Lipinski definition) is 2. The SMILES string of the molecule is CCNC(=O)[C@@H](C)NC(=O)c1cc(S(=O)(=O)N(C)c2ccccc2OC)ccc1C. The molecule has 0 bridgehead atoms. The quantitative estimate of drug-likeness (QED) is 0.663. The largest absolute Gasteiger partial charge is 0.495 e. The first kappa shape index (κ1) is 23.2. The van der Waals surface area contributed by atoms with Crippen LogP contribution in [0.4, 0.5) is 5.69 Å². The zero-order chi connectivity index (χ0) is 22.5. The van der Waals surface area contributed by atoms with Gasteiger partial charge in [-0.2, -0.15) is 0 Å². The summed E-state index contributed by atoms with van der Waals surface area (Å²) in [5.41, 5.74) is 1.14. The predicted molar refractivity (Wildman–Crippen MR) is 115 cm³/mol. The lowest BCUT2D eigenvalue weighted by molar-refractivity contribution is -0.122. The molecule has 0 aliphatic heterocycles. The van der Waals surface area contributed by atoms with Crippen LogP contribution in [0.1, 0.15) is 29.8 Å². The van der Waals surface area contributed by atoms with E-state index in [9.17, 15) is 18.0 Å². The number of carbonyl (C=O) groups is 2. The monoisotopic (exact) mass is 433 g/mol. The van der Waals surface area contributed by atoms with Crippen LogP contribution in [0.3, 0.4) is 0 Å². The first-order valence-corrected chi connectivity index (χ1v) is 10.9. The van der Waals surface area contributed by atoms with Gasteiger partial charge in [-0.3, -0.25) is 13.9 Å². The van der Waals surface area contributed by atoms with E-state index in [1.807, 2.05) is 0 Å². The summed E-state index contributed by atoms with van der Waals surface area (Å²) in [5, 5.41) is 5.23. The number of sulfonamides is 1. The molecule has 2 rings (SSSR count). The summed E-state index contributed by atoms with van der Waals surface area (Å²) in [7, 11) is -1.07. The summed E-state index contributed by atoms with van der Waals surface area (Å²) in [4.78, 5) is 24.5. The van der Waals surface area contributed by atoms with Gasteiger partial charge in [0.2, 0.25) is 5.91 Å². The molecule has 0 aliphatic rings. The van der Waals surface area contributed by atoms with E-state index in [1.54, 1.807) is 51.1 Å². The molecule has 0 radical (unpaired) electrons. The van der Waals surface area contributed by atoms with Gasteiger partial charge in [-0.1, -0.05) is 18.2 Å². The molecule has 9 heteroatoms. The smallest absolute Gasteiger partial charge is 0.264 e. The zero-order valence-electron chi connectivity index (χ0n) is 17.7. The Kier molecular flexibility index (Phi) is 7.44. The molecule has 0 saturated heterocycles. The van der Waals surface area contributed by atoms with Gasteiger partial charge in [0.15, 0.2) is 0 Å². The van der Waals surface area contributed by atoms with Crippen molar-refractivity contribution in [1.29, 1.82) is 0 Å². The van der Waals surface area contributed by atoms with E-state index >= 15 is 0 Å². The van der Waals surface area contributed by atoms with Crippen molar-refractivity contribution in [2.24, 2.45) is 0 Å². The molecule has 2 amide bonds. The standard InChI is InChI=1S/C21H27N3O5S/c1-6-22-20(25)15(3)23-21(26)17-13-16(12-11-14(17)2)30(27,28)24(4)18-9-7-8-10-19(18)29-5/h7-13,15H,6H2,1-5H3,(H,22,25)(H,23,26)/t15-/m1/s1. The number of benzene rings is 2. The first-order chi connectivity index (χ1) is 14.1. The van der Waals surface area contributed by atoms with Crippen LogP contribution in [0.15, 0.2) is 47.4 Å². The van der Waals surface area contributed by atoms with Crippen LogP contribution in [-0.4, -0.2) is 47.0 Å². The molecule has 2 aromatic rings. The average molecular weight is 434 g/mol. The van der Waals surface area contributed by atoms with Gasteiger partial charge in [-0.05, 0) is 50.6 Å². The highest BCUT2D eigenvalue weighted by molar-refractivity contribution is 7.92. The van der Waals surface area contributed by atoms with Gasteiger partial charge < -0.3 is 15.4 Å². The van der Waals surface area contributed by atoms with E-state index in [2.05, 4.69) is 10.6 Å². The Balaban J connectivity index is 2.37. The van der Waals surface area contributed by atoms with E-state index in [-0.39, 0.29) is 16.4 Å². The van der Waals surface area contributed by atoms with Crippen molar-refractivity contribution in [3.63, 3.8) is 0 Å². The molecular weight excluding hydrogens is 406 g/mol. The highest BCUT2D eigenvalue weighted by Gasteiger charge is 2.26. The number of amides is 2. The number of para-hydroxylation sites is 2. The number of likely N-dealkylation sites (N-methyl/N-ethyl adjacent to an activating group) is 1. The third-order valence-corrected chi connectivity index (χ3v) is 6.40. The van der Waals surface area contributed by atoms with Crippen LogP contribution < -0.4 is 19.7 Å². The number of rotatable bonds is 8. The molecule has 0 spiro atoms. The highest BCUT2D eigenvalue weighted by Crippen LogP contribution is 2.31. The molecule has 2 N–H and O–H groups in total. The number of methoxy groups -OCH3 is 1. The van der Waals surface area contributed by atoms with E-state index in [4.69, 9.17) is 4.74 Å². The second kappa shape index (κ2) is 9.62. The molecule has 30 heavy (non-hydrogen) atoms. The summed E-state index contributed by atoms with van der Waals surface area (Å²) < 4.78 is 32.7. The van der Waals surface area contributed by atoms with E-state index in [0.717, 1.165) is 4.31 Å². The zero-order valence-corrected chi connectivity index (χ0v) is 18.5. The fourth-order valence-corrected chi connectivity index (χ4v) is 4.08. The normalized spacial score (nSPS) is 12.0. The van der Waals surface area contributed by atoms with Gasteiger partial charge in [0.1, 0.15) is 11.8 Å². The van der Waals surface area contributed by atoms with E-state index in [0.29, 0.717) is 23.5 Å². The molecule has 2 aromatic carbocycles. The molecular formula is C21H27N3O5S. The van der Waals surface area contributed by atoms with E-state index < -0.39 is 22.0 Å². The van der Waals surface area contributed by atoms with Crippen molar-refractivity contribution in [2.75, 3.05) is 25.0 Å². The van der Waals surface area contributed by atoms with Crippen LogP contribution in [0.25, 0.3) is 0 Å². The van der Waals surface area contributed by atoms with Gasteiger partial charge >= 0.3 is 0 Å². The van der Waals surface area contributed by atoms with Crippen LogP contribution in [0, 0.1) is 6.92 Å². The molecule has 0 heterocycles. The van der Waals surface area contributed by atoms with Crippen LogP contribution in [0.5, 0.6) is 5.75 Å². The van der Waals surface area contributed by atoms with Gasteiger partial charge in [-0.15, -0.1) is 0 Å². The maximum absolute atomic E-state index is 13.2. The first-order valence-electron chi connectivity index (χ1n) is 9.44. The third-order valence-electron chi connectivity index (χ3n) is 4.63. The van der Waals surface area contributed by atoms with Crippen molar-refractivity contribution >= 4 is 27.5 Å². The minimum Gasteiger partial charge on any atom is -0.495 e. The lowest BCUT2D eigenvalue weighted by Crippen LogP contribution is -2.44. The second-order valence-corrected chi connectivity index (χ2v) is 8.68. The Morgan fingerprint density at radius 2 is 1.83 bits per heavy atom. The molecule has 0 unspecified atom stereocenters. The Bertz CT molecular complexity index is 1040. The molecule has 0 aliphatic carbocycles. The number of hydrogen-bond acceptors (Lipinski definition) is 5. The van der Waals surface area contributed by atoms with Crippen LogP contribution in [0.2, 0.25) is 0 Å². The van der Waals surface area contributed by atoms with E-state index in [1.165, 1.54) is 26.3 Å². The number of nitrogens with one attached hydrogen (secondary N) is 2.